The molecule has 0 saturated heterocycles. The van der Waals surface area contributed by atoms with Crippen molar-refractivity contribution in [3.63, 3.8) is 0 Å². The van der Waals surface area contributed by atoms with Crippen LogP contribution < -0.4 is 5.32 Å². The van der Waals surface area contributed by atoms with Gasteiger partial charge in [0.25, 0.3) is 0 Å². The van der Waals surface area contributed by atoms with Crippen molar-refractivity contribution < 1.29 is 9.59 Å². The third kappa shape index (κ3) is 4.43. The second-order valence-corrected chi connectivity index (χ2v) is 7.01. The first-order chi connectivity index (χ1) is 10.5. The molecule has 0 spiro atoms. The summed E-state index contributed by atoms with van der Waals surface area (Å²) in [5, 5.41) is 2.63. The van der Waals surface area contributed by atoms with Crippen molar-refractivity contribution in [1.29, 1.82) is 0 Å². The maximum atomic E-state index is 12.5. The highest BCUT2D eigenvalue weighted by atomic mass is 16.2. The molecule has 0 aromatic heterocycles. The zero-order valence-electron chi connectivity index (χ0n) is 13.8. The summed E-state index contributed by atoms with van der Waals surface area (Å²) in [7, 11) is 0. The molecule has 22 heavy (non-hydrogen) atoms. The molecule has 2 amide bonds. The van der Waals surface area contributed by atoms with Gasteiger partial charge in [-0.2, -0.15) is 0 Å². The monoisotopic (exact) mass is 301 g/mol. The van der Waals surface area contributed by atoms with Crippen LogP contribution in [0.15, 0.2) is 30.3 Å². The first-order valence-corrected chi connectivity index (χ1v) is 8.35. The number of hydrogen-bond acceptors (Lipinski definition) is 2. The fourth-order valence-corrected chi connectivity index (χ4v) is 3.56. The van der Waals surface area contributed by atoms with E-state index in [9.17, 15) is 9.59 Å². The smallest absolute Gasteiger partial charge is 0.230 e. The van der Waals surface area contributed by atoms with E-state index in [0.717, 1.165) is 18.4 Å². The van der Waals surface area contributed by atoms with Gasteiger partial charge in [-0.3, -0.25) is 14.9 Å². The fourth-order valence-electron chi connectivity index (χ4n) is 3.56. The second-order valence-electron chi connectivity index (χ2n) is 7.01. The van der Waals surface area contributed by atoms with Gasteiger partial charge in [-0.25, -0.2) is 0 Å². The normalized spacial score (nSPS) is 25.0. The summed E-state index contributed by atoms with van der Waals surface area (Å²) in [6.45, 7) is 6.54. The first-order valence-electron chi connectivity index (χ1n) is 8.35. The minimum absolute atomic E-state index is 0.0246. The topological polar surface area (TPSA) is 46.2 Å². The van der Waals surface area contributed by atoms with E-state index in [-0.39, 0.29) is 24.2 Å². The lowest BCUT2D eigenvalue weighted by atomic mass is 9.70. The summed E-state index contributed by atoms with van der Waals surface area (Å²) < 4.78 is 0. The summed E-state index contributed by atoms with van der Waals surface area (Å²) in [4.78, 5) is 24.6. The van der Waals surface area contributed by atoms with Crippen molar-refractivity contribution in [3.8, 4) is 0 Å². The Kier molecular flexibility index (Phi) is 5.76. The number of imide groups is 1. The van der Waals surface area contributed by atoms with E-state index in [1.807, 2.05) is 30.3 Å². The molecule has 3 atom stereocenters. The standard InChI is InChI=1S/C19H27NO2/c1-13(2)16-10-9-14(3)11-17(16)19(22)20-18(21)12-15-7-5-4-6-8-15/h4-8,13-14,16-17H,9-12H2,1-3H3,(H,20,21,22)/t14-,16+,17-/m1/s1. The number of carbonyl (C=O) groups is 2. The highest BCUT2D eigenvalue weighted by molar-refractivity contribution is 5.97. The Morgan fingerprint density at radius 3 is 2.50 bits per heavy atom. The largest absolute Gasteiger partial charge is 0.296 e. The molecule has 1 aromatic carbocycles. The third-order valence-electron chi connectivity index (χ3n) is 4.83. The van der Waals surface area contributed by atoms with Gasteiger partial charge < -0.3 is 0 Å². The van der Waals surface area contributed by atoms with E-state index >= 15 is 0 Å². The van der Waals surface area contributed by atoms with Crippen LogP contribution >= 0.6 is 0 Å². The van der Waals surface area contributed by atoms with E-state index in [2.05, 4.69) is 26.1 Å². The van der Waals surface area contributed by atoms with E-state index in [4.69, 9.17) is 0 Å². The maximum absolute atomic E-state index is 12.5. The Balaban J connectivity index is 1.95. The van der Waals surface area contributed by atoms with Gasteiger partial charge in [0.2, 0.25) is 11.8 Å². The van der Waals surface area contributed by atoms with Gasteiger partial charge in [0.15, 0.2) is 0 Å². The van der Waals surface area contributed by atoms with Crippen LogP contribution in [0.3, 0.4) is 0 Å². The van der Waals surface area contributed by atoms with Gasteiger partial charge in [-0.05, 0) is 36.2 Å². The highest BCUT2D eigenvalue weighted by Crippen LogP contribution is 2.38. The molecular weight excluding hydrogens is 274 g/mol. The van der Waals surface area contributed by atoms with Gasteiger partial charge in [-0.1, -0.05) is 57.5 Å². The molecule has 1 aromatic rings. The van der Waals surface area contributed by atoms with Gasteiger partial charge in [0.1, 0.15) is 0 Å². The van der Waals surface area contributed by atoms with Crippen molar-refractivity contribution in [2.45, 2.75) is 46.5 Å². The predicted molar refractivity (Wildman–Crippen MR) is 88.1 cm³/mol. The molecule has 120 valence electrons. The molecule has 1 fully saturated rings. The Labute approximate surface area is 133 Å². The van der Waals surface area contributed by atoms with Gasteiger partial charge >= 0.3 is 0 Å². The number of rotatable bonds is 4. The van der Waals surface area contributed by atoms with Crippen LogP contribution in [-0.4, -0.2) is 11.8 Å². The van der Waals surface area contributed by atoms with Crippen LogP contribution in [0.1, 0.15) is 45.6 Å². The predicted octanol–water partition coefficient (Wildman–Crippen LogP) is 3.58. The van der Waals surface area contributed by atoms with Crippen LogP contribution in [0.25, 0.3) is 0 Å². The Morgan fingerprint density at radius 2 is 1.86 bits per heavy atom. The Morgan fingerprint density at radius 1 is 1.18 bits per heavy atom. The second kappa shape index (κ2) is 7.57. The van der Waals surface area contributed by atoms with Crippen LogP contribution in [0, 0.1) is 23.7 Å². The van der Waals surface area contributed by atoms with E-state index in [0.29, 0.717) is 17.8 Å². The number of nitrogens with one attached hydrogen (secondary N) is 1. The number of hydrogen-bond donors (Lipinski definition) is 1. The van der Waals surface area contributed by atoms with E-state index in [1.165, 1.54) is 6.42 Å². The van der Waals surface area contributed by atoms with E-state index < -0.39 is 0 Å². The summed E-state index contributed by atoms with van der Waals surface area (Å²) >= 11 is 0. The maximum Gasteiger partial charge on any atom is 0.230 e. The van der Waals surface area contributed by atoms with Gasteiger partial charge in [-0.15, -0.1) is 0 Å². The molecule has 1 aliphatic rings. The van der Waals surface area contributed by atoms with E-state index in [1.54, 1.807) is 0 Å². The molecule has 0 heterocycles. The zero-order chi connectivity index (χ0) is 16.1. The molecule has 0 radical (unpaired) electrons. The Bertz CT molecular complexity index is 509. The average molecular weight is 301 g/mol. The lowest BCUT2D eigenvalue weighted by Gasteiger charge is -2.36. The summed E-state index contributed by atoms with van der Waals surface area (Å²) in [5.74, 6) is 1.13. The van der Waals surface area contributed by atoms with Crippen molar-refractivity contribution in [3.05, 3.63) is 35.9 Å². The number of carbonyl (C=O) groups excluding carboxylic acids is 2. The lowest BCUT2D eigenvalue weighted by molar-refractivity contribution is -0.135. The quantitative estimate of drug-likeness (QED) is 0.924. The molecular formula is C19H27NO2. The molecule has 1 saturated carbocycles. The fraction of sp³-hybridized carbons (Fsp3) is 0.579. The van der Waals surface area contributed by atoms with Gasteiger partial charge in [0.05, 0.1) is 6.42 Å². The number of amides is 2. The molecule has 1 N–H and O–H groups in total. The van der Waals surface area contributed by atoms with Crippen molar-refractivity contribution in [2.75, 3.05) is 0 Å². The molecule has 2 rings (SSSR count). The molecule has 3 heteroatoms. The lowest BCUT2D eigenvalue weighted by Crippen LogP contribution is -2.43. The number of benzene rings is 1. The highest BCUT2D eigenvalue weighted by Gasteiger charge is 2.35. The molecule has 3 nitrogen and oxygen atoms in total. The van der Waals surface area contributed by atoms with Crippen LogP contribution in [0.4, 0.5) is 0 Å². The summed E-state index contributed by atoms with van der Waals surface area (Å²) in [6.07, 6.45) is 3.43. The van der Waals surface area contributed by atoms with Crippen LogP contribution in [0.2, 0.25) is 0 Å². The average Bonchev–Trinajstić information content (AvgIpc) is 2.47. The minimum Gasteiger partial charge on any atom is -0.296 e. The minimum atomic E-state index is -0.197. The Hall–Kier alpha value is -1.64. The van der Waals surface area contributed by atoms with Crippen LogP contribution in [0.5, 0.6) is 0 Å². The molecule has 0 bridgehead atoms. The van der Waals surface area contributed by atoms with Crippen molar-refractivity contribution in [1.82, 2.24) is 5.32 Å². The molecule has 0 aliphatic heterocycles. The molecule has 1 aliphatic carbocycles. The SMILES string of the molecule is CC(C)[C@@H]1CC[C@@H](C)C[C@H]1C(=O)NC(=O)Cc1ccccc1. The summed E-state index contributed by atoms with van der Waals surface area (Å²) in [5.41, 5.74) is 0.935. The zero-order valence-corrected chi connectivity index (χ0v) is 13.8. The molecule has 0 unspecified atom stereocenters. The first kappa shape index (κ1) is 16.7. The van der Waals surface area contributed by atoms with Crippen molar-refractivity contribution in [2.24, 2.45) is 23.7 Å². The third-order valence-corrected chi connectivity index (χ3v) is 4.83. The summed E-state index contributed by atoms with van der Waals surface area (Å²) in [6, 6.07) is 9.54. The van der Waals surface area contributed by atoms with Gasteiger partial charge in [0, 0.05) is 5.92 Å². The van der Waals surface area contributed by atoms with Crippen molar-refractivity contribution >= 4 is 11.8 Å². The van der Waals surface area contributed by atoms with Crippen LogP contribution in [-0.2, 0) is 16.0 Å².